The molecular formula is C22H24FN3O. The van der Waals surface area contributed by atoms with Gasteiger partial charge < -0.3 is 9.30 Å². The molecule has 1 aliphatic rings. The molecule has 1 aromatic carbocycles. The minimum absolute atomic E-state index is 0.0923. The lowest BCUT2D eigenvalue weighted by molar-refractivity contribution is -0.134. The zero-order valence-electron chi connectivity index (χ0n) is 15.4. The molecule has 2 heterocycles. The highest BCUT2D eigenvalue weighted by Gasteiger charge is 2.26. The van der Waals surface area contributed by atoms with E-state index < -0.39 is 0 Å². The first-order valence-electron chi connectivity index (χ1n) is 9.65. The average Bonchev–Trinajstić information content (AvgIpc) is 3.10. The molecule has 5 heteroatoms. The van der Waals surface area contributed by atoms with Crippen LogP contribution in [0, 0.1) is 5.82 Å². The molecule has 1 amide bonds. The van der Waals surface area contributed by atoms with Crippen LogP contribution in [0.1, 0.15) is 43.4 Å². The average molecular weight is 365 g/mol. The SMILES string of the molecule is O=C(Cc1cn2ccccc2n1)N(Cc1ccc(F)cc1)C1CCCCC1. The summed E-state index contributed by atoms with van der Waals surface area (Å²) in [6.45, 7) is 0.525. The summed E-state index contributed by atoms with van der Waals surface area (Å²) in [4.78, 5) is 19.7. The summed E-state index contributed by atoms with van der Waals surface area (Å²) in [6.07, 6.45) is 9.79. The van der Waals surface area contributed by atoms with Crippen LogP contribution in [0.2, 0.25) is 0 Å². The van der Waals surface area contributed by atoms with Crippen LogP contribution >= 0.6 is 0 Å². The third-order valence-electron chi connectivity index (χ3n) is 5.35. The number of pyridine rings is 1. The monoisotopic (exact) mass is 365 g/mol. The maximum Gasteiger partial charge on any atom is 0.229 e. The minimum Gasteiger partial charge on any atom is -0.335 e. The van der Waals surface area contributed by atoms with E-state index in [0.717, 1.165) is 42.6 Å². The summed E-state index contributed by atoms with van der Waals surface area (Å²) in [5.41, 5.74) is 2.60. The number of hydrogen-bond donors (Lipinski definition) is 0. The number of nitrogens with zero attached hydrogens (tertiary/aromatic N) is 3. The van der Waals surface area contributed by atoms with E-state index in [0.29, 0.717) is 13.0 Å². The molecule has 1 fully saturated rings. The lowest BCUT2D eigenvalue weighted by atomic mass is 9.93. The highest BCUT2D eigenvalue weighted by atomic mass is 19.1. The van der Waals surface area contributed by atoms with Crippen LogP contribution in [-0.4, -0.2) is 26.2 Å². The summed E-state index contributed by atoms with van der Waals surface area (Å²) >= 11 is 0. The van der Waals surface area contributed by atoms with Gasteiger partial charge in [0.05, 0.1) is 12.1 Å². The molecule has 1 saturated carbocycles. The van der Waals surface area contributed by atoms with Gasteiger partial charge in [-0.1, -0.05) is 37.5 Å². The number of hydrogen-bond acceptors (Lipinski definition) is 2. The highest BCUT2D eigenvalue weighted by Crippen LogP contribution is 2.25. The van der Waals surface area contributed by atoms with Crippen molar-refractivity contribution in [3.63, 3.8) is 0 Å². The number of carbonyl (C=O) groups excluding carboxylic acids is 1. The van der Waals surface area contributed by atoms with Crippen LogP contribution in [-0.2, 0) is 17.8 Å². The first-order chi connectivity index (χ1) is 13.2. The zero-order chi connectivity index (χ0) is 18.6. The van der Waals surface area contributed by atoms with E-state index in [1.54, 1.807) is 12.1 Å². The molecule has 27 heavy (non-hydrogen) atoms. The second-order valence-corrected chi connectivity index (χ2v) is 7.32. The molecule has 0 saturated heterocycles. The van der Waals surface area contributed by atoms with Crippen molar-refractivity contribution in [2.75, 3.05) is 0 Å². The summed E-state index contributed by atoms with van der Waals surface area (Å²) in [7, 11) is 0. The zero-order valence-corrected chi connectivity index (χ0v) is 15.4. The fraction of sp³-hybridized carbons (Fsp3) is 0.364. The van der Waals surface area contributed by atoms with Gasteiger partial charge in [0.1, 0.15) is 11.5 Å². The number of halogens is 1. The van der Waals surface area contributed by atoms with Crippen molar-refractivity contribution in [1.29, 1.82) is 0 Å². The van der Waals surface area contributed by atoms with E-state index in [4.69, 9.17) is 0 Å². The Labute approximate surface area is 158 Å². The van der Waals surface area contributed by atoms with Crippen LogP contribution in [0.15, 0.2) is 54.9 Å². The highest BCUT2D eigenvalue weighted by molar-refractivity contribution is 5.79. The molecule has 0 atom stereocenters. The Kier molecular flexibility index (Phi) is 5.19. The van der Waals surface area contributed by atoms with Gasteiger partial charge in [0, 0.05) is 25.0 Å². The van der Waals surface area contributed by atoms with E-state index >= 15 is 0 Å². The third kappa shape index (κ3) is 4.18. The van der Waals surface area contributed by atoms with Gasteiger partial charge in [-0.25, -0.2) is 9.37 Å². The predicted molar refractivity (Wildman–Crippen MR) is 103 cm³/mol. The number of aromatic nitrogens is 2. The number of amides is 1. The van der Waals surface area contributed by atoms with Gasteiger partial charge in [0.25, 0.3) is 0 Å². The van der Waals surface area contributed by atoms with Gasteiger partial charge in [-0.05, 0) is 42.7 Å². The number of rotatable bonds is 5. The molecule has 1 aliphatic carbocycles. The first-order valence-corrected chi connectivity index (χ1v) is 9.65. The van der Waals surface area contributed by atoms with Crippen molar-refractivity contribution < 1.29 is 9.18 Å². The molecule has 0 spiro atoms. The smallest absolute Gasteiger partial charge is 0.229 e. The van der Waals surface area contributed by atoms with Gasteiger partial charge in [-0.15, -0.1) is 0 Å². The summed E-state index contributed by atoms with van der Waals surface area (Å²) < 4.78 is 15.2. The Bertz CT molecular complexity index is 880. The van der Waals surface area contributed by atoms with Crippen molar-refractivity contribution in [2.45, 2.75) is 51.1 Å². The normalized spacial score (nSPS) is 15.1. The minimum atomic E-state index is -0.251. The number of fused-ring (bicyclic) bond motifs is 1. The van der Waals surface area contributed by atoms with E-state index in [1.807, 2.05) is 39.9 Å². The van der Waals surface area contributed by atoms with Gasteiger partial charge in [0.2, 0.25) is 5.91 Å². The molecule has 0 aliphatic heterocycles. The van der Waals surface area contributed by atoms with Crippen molar-refractivity contribution in [1.82, 2.24) is 14.3 Å². The van der Waals surface area contributed by atoms with Gasteiger partial charge in [0.15, 0.2) is 0 Å². The first kappa shape index (κ1) is 17.7. The molecule has 0 unspecified atom stereocenters. The van der Waals surface area contributed by atoms with Crippen LogP contribution in [0.25, 0.3) is 5.65 Å². The molecule has 140 valence electrons. The number of benzene rings is 1. The third-order valence-corrected chi connectivity index (χ3v) is 5.35. The van der Waals surface area contributed by atoms with E-state index in [2.05, 4.69) is 4.98 Å². The molecule has 4 nitrogen and oxygen atoms in total. The Morgan fingerprint density at radius 1 is 1.11 bits per heavy atom. The number of imidazole rings is 1. The van der Waals surface area contributed by atoms with Crippen LogP contribution < -0.4 is 0 Å². The van der Waals surface area contributed by atoms with Gasteiger partial charge >= 0.3 is 0 Å². The molecule has 0 bridgehead atoms. The van der Waals surface area contributed by atoms with E-state index in [-0.39, 0.29) is 17.8 Å². The fourth-order valence-corrected chi connectivity index (χ4v) is 3.93. The maximum atomic E-state index is 13.2. The topological polar surface area (TPSA) is 37.6 Å². The standard InChI is InChI=1S/C22H24FN3O/c23-18-11-9-17(10-12-18)15-26(20-6-2-1-3-7-20)22(27)14-19-16-25-13-5-4-8-21(25)24-19/h4-5,8-13,16,20H,1-3,6-7,14-15H2. The quantitative estimate of drug-likeness (QED) is 0.673. The largest absolute Gasteiger partial charge is 0.335 e. The Hall–Kier alpha value is -2.69. The lowest BCUT2D eigenvalue weighted by Crippen LogP contribution is -2.41. The number of carbonyl (C=O) groups is 1. The van der Waals surface area contributed by atoms with E-state index in [9.17, 15) is 9.18 Å². The van der Waals surface area contributed by atoms with Crippen LogP contribution in [0.4, 0.5) is 4.39 Å². The van der Waals surface area contributed by atoms with E-state index in [1.165, 1.54) is 18.6 Å². The van der Waals surface area contributed by atoms with Crippen LogP contribution in [0.5, 0.6) is 0 Å². The molecule has 2 aromatic heterocycles. The van der Waals surface area contributed by atoms with Crippen molar-refractivity contribution in [3.8, 4) is 0 Å². The second-order valence-electron chi connectivity index (χ2n) is 7.32. The maximum absolute atomic E-state index is 13.2. The summed E-state index contributed by atoms with van der Waals surface area (Å²) in [6, 6.07) is 12.5. The predicted octanol–water partition coefficient (Wildman–Crippen LogP) is 4.38. The summed E-state index contributed by atoms with van der Waals surface area (Å²) in [5, 5.41) is 0. The Balaban J connectivity index is 1.54. The van der Waals surface area contributed by atoms with Gasteiger partial charge in [-0.3, -0.25) is 4.79 Å². The van der Waals surface area contributed by atoms with Crippen molar-refractivity contribution in [2.24, 2.45) is 0 Å². The molecule has 3 aromatic rings. The van der Waals surface area contributed by atoms with Crippen molar-refractivity contribution >= 4 is 11.6 Å². The molecule has 4 rings (SSSR count). The molecule has 0 radical (unpaired) electrons. The van der Waals surface area contributed by atoms with Crippen LogP contribution in [0.3, 0.4) is 0 Å². The molecule has 0 N–H and O–H groups in total. The molecular weight excluding hydrogens is 341 g/mol. The van der Waals surface area contributed by atoms with Gasteiger partial charge in [-0.2, -0.15) is 0 Å². The fourth-order valence-electron chi connectivity index (χ4n) is 3.93. The second kappa shape index (κ2) is 7.91. The Morgan fingerprint density at radius 2 is 1.89 bits per heavy atom. The Morgan fingerprint density at radius 3 is 2.63 bits per heavy atom. The summed E-state index contributed by atoms with van der Waals surface area (Å²) in [5.74, 6) is -0.159. The van der Waals surface area contributed by atoms with Crippen molar-refractivity contribution in [3.05, 3.63) is 71.9 Å². The lowest BCUT2D eigenvalue weighted by Gasteiger charge is -2.34.